The van der Waals surface area contributed by atoms with Crippen LogP contribution in [0.25, 0.3) is 0 Å². The molecule has 0 amide bonds. The van der Waals surface area contributed by atoms with Gasteiger partial charge in [-0.1, -0.05) is 23.7 Å². The molecule has 0 saturated carbocycles. The summed E-state index contributed by atoms with van der Waals surface area (Å²) in [4.78, 5) is 10.5. The van der Waals surface area contributed by atoms with Gasteiger partial charge in [-0.25, -0.2) is 0 Å². The normalized spacial score (nSPS) is 14.5. The minimum atomic E-state index is -1.06. The maximum atomic E-state index is 10.5. The summed E-state index contributed by atoms with van der Waals surface area (Å²) in [5, 5.41) is 19.7. The van der Waals surface area contributed by atoms with Gasteiger partial charge in [0.1, 0.15) is 12.4 Å². The van der Waals surface area contributed by atoms with Gasteiger partial charge < -0.3 is 10.2 Å². The van der Waals surface area contributed by atoms with E-state index in [2.05, 4.69) is 12.6 Å². The van der Waals surface area contributed by atoms with E-state index in [9.17, 15) is 15.0 Å². The van der Waals surface area contributed by atoms with Gasteiger partial charge in [-0.2, -0.15) is 12.6 Å². The van der Waals surface area contributed by atoms with Crippen LogP contribution in [0.4, 0.5) is 0 Å². The number of rotatable bonds is 5. The van der Waals surface area contributed by atoms with Crippen LogP contribution in [0.3, 0.4) is 0 Å². The van der Waals surface area contributed by atoms with Crippen molar-refractivity contribution < 1.29 is 15.0 Å². The molecule has 0 aromatic heterocycles. The summed E-state index contributed by atoms with van der Waals surface area (Å²) in [6.07, 6.45) is -0.917. The highest BCUT2D eigenvalue weighted by Gasteiger charge is 2.20. The second-order valence-electron chi connectivity index (χ2n) is 3.42. The van der Waals surface area contributed by atoms with Crippen molar-refractivity contribution in [3.8, 4) is 0 Å². The molecule has 88 valence electrons. The van der Waals surface area contributed by atoms with Crippen LogP contribution in [-0.4, -0.2) is 28.4 Å². The molecule has 2 N–H and O–H groups in total. The third-order valence-electron chi connectivity index (χ3n) is 2.27. The van der Waals surface area contributed by atoms with Gasteiger partial charge in [0.2, 0.25) is 0 Å². The first-order valence-electron chi connectivity index (χ1n) is 4.81. The molecule has 0 saturated heterocycles. The fourth-order valence-electron chi connectivity index (χ4n) is 1.35. The van der Waals surface area contributed by atoms with Gasteiger partial charge in [-0.3, -0.25) is 4.79 Å². The van der Waals surface area contributed by atoms with Crippen molar-refractivity contribution in [2.24, 2.45) is 0 Å². The van der Waals surface area contributed by atoms with Crippen molar-refractivity contribution in [1.82, 2.24) is 0 Å². The molecular weight excluding hydrogens is 248 g/mol. The lowest BCUT2D eigenvalue weighted by Crippen LogP contribution is -2.19. The SMILES string of the molecule is O=Cc1ccc(C(O)C(O)CCS)c(Cl)c1. The molecule has 0 spiro atoms. The van der Waals surface area contributed by atoms with Crippen molar-refractivity contribution in [2.45, 2.75) is 18.6 Å². The van der Waals surface area contributed by atoms with Gasteiger partial charge in [0, 0.05) is 16.1 Å². The average Bonchev–Trinajstić information content (AvgIpc) is 2.28. The largest absolute Gasteiger partial charge is 0.390 e. The Bertz CT molecular complexity index is 370. The zero-order valence-electron chi connectivity index (χ0n) is 8.51. The Balaban J connectivity index is 2.91. The van der Waals surface area contributed by atoms with E-state index in [-0.39, 0.29) is 5.02 Å². The number of aldehydes is 1. The van der Waals surface area contributed by atoms with Gasteiger partial charge in [0.15, 0.2) is 0 Å². The number of carbonyl (C=O) groups excluding carboxylic acids is 1. The van der Waals surface area contributed by atoms with Crippen LogP contribution >= 0.6 is 24.2 Å². The van der Waals surface area contributed by atoms with Crippen LogP contribution in [0, 0.1) is 0 Å². The Labute approximate surface area is 104 Å². The van der Waals surface area contributed by atoms with Crippen molar-refractivity contribution >= 4 is 30.5 Å². The quantitative estimate of drug-likeness (QED) is 0.560. The van der Waals surface area contributed by atoms with Crippen molar-refractivity contribution in [2.75, 3.05) is 5.75 Å². The molecule has 0 aliphatic heterocycles. The highest BCUT2D eigenvalue weighted by molar-refractivity contribution is 7.80. The summed E-state index contributed by atoms with van der Waals surface area (Å²) in [6, 6.07) is 4.55. The number of thiol groups is 1. The Morgan fingerprint density at radius 1 is 1.44 bits per heavy atom. The van der Waals surface area contributed by atoms with Crippen LogP contribution in [0.2, 0.25) is 5.02 Å². The van der Waals surface area contributed by atoms with Crippen molar-refractivity contribution in [3.05, 3.63) is 34.3 Å². The van der Waals surface area contributed by atoms with Crippen molar-refractivity contribution in [1.29, 1.82) is 0 Å². The second kappa shape index (κ2) is 6.25. The number of aliphatic hydroxyl groups is 2. The third-order valence-corrected chi connectivity index (χ3v) is 2.85. The fourth-order valence-corrected chi connectivity index (χ4v) is 1.92. The topological polar surface area (TPSA) is 57.5 Å². The summed E-state index contributed by atoms with van der Waals surface area (Å²) in [6.45, 7) is 0. The van der Waals surface area contributed by atoms with Crippen LogP contribution in [0.15, 0.2) is 18.2 Å². The second-order valence-corrected chi connectivity index (χ2v) is 4.28. The molecule has 0 bridgehead atoms. The zero-order valence-corrected chi connectivity index (χ0v) is 10.2. The van der Waals surface area contributed by atoms with E-state index < -0.39 is 12.2 Å². The summed E-state index contributed by atoms with van der Waals surface area (Å²) in [7, 11) is 0. The van der Waals surface area contributed by atoms with E-state index >= 15 is 0 Å². The van der Waals surface area contributed by atoms with Crippen LogP contribution < -0.4 is 0 Å². The molecule has 0 aliphatic rings. The van der Waals surface area contributed by atoms with Crippen LogP contribution in [-0.2, 0) is 0 Å². The minimum absolute atomic E-state index is 0.273. The molecular formula is C11H13ClO3S. The summed E-state index contributed by atoms with van der Waals surface area (Å²) in [5.74, 6) is 0.474. The van der Waals surface area contributed by atoms with Crippen LogP contribution in [0.5, 0.6) is 0 Å². The van der Waals surface area contributed by atoms with Crippen LogP contribution in [0.1, 0.15) is 28.4 Å². The van der Waals surface area contributed by atoms with E-state index in [4.69, 9.17) is 11.6 Å². The molecule has 0 radical (unpaired) electrons. The molecule has 16 heavy (non-hydrogen) atoms. The first kappa shape index (κ1) is 13.5. The molecule has 1 aromatic carbocycles. The lowest BCUT2D eigenvalue weighted by Gasteiger charge is -2.18. The molecule has 2 atom stereocenters. The van der Waals surface area contributed by atoms with E-state index in [1.165, 1.54) is 6.07 Å². The summed E-state index contributed by atoms with van der Waals surface area (Å²) >= 11 is 9.87. The minimum Gasteiger partial charge on any atom is -0.390 e. The molecule has 3 nitrogen and oxygen atoms in total. The molecule has 0 aliphatic carbocycles. The van der Waals surface area contributed by atoms with Gasteiger partial charge in [-0.15, -0.1) is 0 Å². The lowest BCUT2D eigenvalue weighted by atomic mass is 10.0. The van der Waals surface area contributed by atoms with Crippen molar-refractivity contribution in [3.63, 3.8) is 0 Å². The monoisotopic (exact) mass is 260 g/mol. The number of carbonyl (C=O) groups is 1. The Morgan fingerprint density at radius 3 is 2.62 bits per heavy atom. The van der Waals surface area contributed by atoms with Gasteiger partial charge >= 0.3 is 0 Å². The van der Waals surface area contributed by atoms with Gasteiger partial charge in [0.25, 0.3) is 0 Å². The lowest BCUT2D eigenvalue weighted by molar-refractivity contribution is 0.0173. The molecule has 1 aromatic rings. The van der Waals surface area contributed by atoms with E-state index in [0.29, 0.717) is 29.6 Å². The number of hydrogen-bond acceptors (Lipinski definition) is 4. The fraction of sp³-hybridized carbons (Fsp3) is 0.364. The smallest absolute Gasteiger partial charge is 0.150 e. The molecule has 5 heteroatoms. The van der Waals surface area contributed by atoms with Gasteiger partial charge in [0.05, 0.1) is 6.10 Å². The number of benzene rings is 1. The number of aliphatic hydroxyl groups excluding tert-OH is 2. The predicted octanol–water partition coefficient (Wildman–Crippen LogP) is 1.87. The Kier molecular flexibility index (Phi) is 5.28. The first-order valence-corrected chi connectivity index (χ1v) is 5.82. The Morgan fingerprint density at radius 2 is 2.12 bits per heavy atom. The Hall–Kier alpha value is -0.550. The predicted molar refractivity (Wildman–Crippen MR) is 66.3 cm³/mol. The average molecular weight is 261 g/mol. The standard InChI is InChI=1S/C11H13ClO3S/c12-9-5-7(6-13)1-2-8(9)11(15)10(14)3-4-16/h1-2,5-6,10-11,14-16H,3-4H2. The van der Waals surface area contributed by atoms with Gasteiger partial charge in [-0.05, 0) is 18.2 Å². The molecule has 0 heterocycles. The first-order chi connectivity index (χ1) is 7.60. The van der Waals surface area contributed by atoms with E-state index in [1.807, 2.05) is 0 Å². The molecule has 1 rings (SSSR count). The number of halogens is 1. The summed E-state index contributed by atoms with van der Waals surface area (Å²) < 4.78 is 0. The highest BCUT2D eigenvalue weighted by atomic mass is 35.5. The zero-order chi connectivity index (χ0) is 12.1. The van der Waals surface area contributed by atoms with E-state index in [0.717, 1.165) is 0 Å². The summed E-state index contributed by atoms with van der Waals surface area (Å²) in [5.41, 5.74) is 0.853. The third kappa shape index (κ3) is 3.22. The highest BCUT2D eigenvalue weighted by Crippen LogP contribution is 2.27. The van der Waals surface area contributed by atoms with E-state index in [1.54, 1.807) is 12.1 Å². The molecule has 0 fully saturated rings. The molecule has 2 unspecified atom stereocenters. The maximum Gasteiger partial charge on any atom is 0.150 e. The number of hydrogen-bond donors (Lipinski definition) is 3. The maximum absolute atomic E-state index is 10.5.